The van der Waals surface area contributed by atoms with Crippen molar-refractivity contribution in [1.29, 1.82) is 0 Å². The maximum absolute atomic E-state index is 8.60. The third-order valence-corrected chi connectivity index (χ3v) is 1.96. The minimum Gasteiger partial charge on any atom is -0.396 e. The Kier molecular flexibility index (Phi) is 1.90. The molecule has 1 saturated carbocycles. The van der Waals surface area contributed by atoms with Crippen LogP contribution in [0, 0.1) is 11.8 Å². The summed E-state index contributed by atoms with van der Waals surface area (Å²) in [5, 5.41) is 8.60. The van der Waals surface area contributed by atoms with Crippen molar-refractivity contribution in [2.75, 3.05) is 6.61 Å². The summed E-state index contributed by atoms with van der Waals surface area (Å²) in [6, 6.07) is 0. The van der Waals surface area contributed by atoms with Gasteiger partial charge in [0.15, 0.2) is 0 Å². The van der Waals surface area contributed by atoms with Gasteiger partial charge in [-0.25, -0.2) is 0 Å². The smallest absolute Gasteiger partial charge is 0.0462 e. The summed E-state index contributed by atoms with van der Waals surface area (Å²) >= 11 is 0. The van der Waals surface area contributed by atoms with Crippen LogP contribution in [0.1, 0.15) is 26.2 Å². The molecule has 48 valence electrons. The Hall–Kier alpha value is -0.0400. The fourth-order valence-corrected chi connectivity index (χ4v) is 1.26. The van der Waals surface area contributed by atoms with Gasteiger partial charge in [0.2, 0.25) is 0 Å². The Labute approximate surface area is 50.7 Å². The van der Waals surface area contributed by atoms with Gasteiger partial charge in [-0.3, -0.25) is 0 Å². The minimum absolute atomic E-state index is 0.421. The first-order valence-corrected chi connectivity index (χ1v) is 3.49. The quantitative estimate of drug-likeness (QED) is 0.588. The average Bonchev–Trinajstić information content (AvgIpc) is 2.48. The lowest BCUT2D eigenvalue weighted by Crippen LogP contribution is -1.87. The fourth-order valence-electron chi connectivity index (χ4n) is 1.26. The molecule has 1 heteroatoms. The summed E-state index contributed by atoms with van der Waals surface area (Å²) in [6.45, 7) is 2.62. The second kappa shape index (κ2) is 2.49. The van der Waals surface area contributed by atoms with E-state index in [1.54, 1.807) is 0 Å². The first-order valence-electron chi connectivity index (χ1n) is 3.49. The lowest BCUT2D eigenvalue weighted by atomic mass is 10.2. The molecule has 0 heterocycles. The van der Waals surface area contributed by atoms with E-state index in [0.717, 1.165) is 5.92 Å². The molecule has 1 nitrogen and oxygen atoms in total. The van der Waals surface area contributed by atoms with Gasteiger partial charge in [0.1, 0.15) is 0 Å². The molecule has 1 aliphatic rings. The molecule has 0 aromatic rings. The topological polar surface area (TPSA) is 20.2 Å². The monoisotopic (exact) mass is 114 g/mol. The molecule has 0 bridgehead atoms. The molecular weight excluding hydrogens is 100 g/mol. The second-order valence-electron chi connectivity index (χ2n) is 2.73. The normalized spacial score (nSPS) is 35.2. The Bertz CT molecular complexity index is 70.8. The van der Waals surface area contributed by atoms with Crippen molar-refractivity contribution in [3.8, 4) is 0 Å². The zero-order valence-electron chi connectivity index (χ0n) is 5.43. The van der Waals surface area contributed by atoms with E-state index in [1.165, 1.54) is 19.3 Å². The van der Waals surface area contributed by atoms with E-state index in [2.05, 4.69) is 6.92 Å². The van der Waals surface area contributed by atoms with Gasteiger partial charge in [-0.05, 0) is 18.3 Å². The van der Waals surface area contributed by atoms with Crippen LogP contribution in [0.2, 0.25) is 0 Å². The highest BCUT2D eigenvalue weighted by Crippen LogP contribution is 2.41. The minimum atomic E-state index is 0.421. The van der Waals surface area contributed by atoms with Crippen LogP contribution in [-0.2, 0) is 0 Å². The van der Waals surface area contributed by atoms with E-state index in [-0.39, 0.29) is 0 Å². The molecule has 1 aliphatic carbocycles. The highest BCUT2D eigenvalue weighted by Gasteiger charge is 2.34. The first kappa shape index (κ1) is 6.09. The molecule has 0 spiro atoms. The molecule has 8 heavy (non-hydrogen) atoms. The van der Waals surface area contributed by atoms with Crippen molar-refractivity contribution < 1.29 is 5.11 Å². The van der Waals surface area contributed by atoms with Crippen LogP contribution < -0.4 is 0 Å². The van der Waals surface area contributed by atoms with Crippen LogP contribution in [0.5, 0.6) is 0 Å². The molecule has 0 amide bonds. The van der Waals surface area contributed by atoms with Gasteiger partial charge < -0.3 is 5.11 Å². The van der Waals surface area contributed by atoms with Gasteiger partial charge in [-0.15, -0.1) is 0 Å². The van der Waals surface area contributed by atoms with Crippen molar-refractivity contribution in [3.05, 3.63) is 0 Å². The predicted octanol–water partition coefficient (Wildman–Crippen LogP) is 1.41. The molecule has 1 fully saturated rings. The van der Waals surface area contributed by atoms with Crippen LogP contribution in [0.25, 0.3) is 0 Å². The maximum atomic E-state index is 8.60. The van der Waals surface area contributed by atoms with Gasteiger partial charge in [0, 0.05) is 6.61 Å². The van der Waals surface area contributed by atoms with Crippen LogP contribution in [-0.4, -0.2) is 11.7 Å². The summed E-state index contributed by atoms with van der Waals surface area (Å²) < 4.78 is 0. The van der Waals surface area contributed by atoms with Gasteiger partial charge in [-0.2, -0.15) is 0 Å². The standard InChI is InChI=1S/C7H14O/c1-2-3-6-4-7(6)5-8/h6-8H,2-5H2,1H3. The average molecular weight is 114 g/mol. The van der Waals surface area contributed by atoms with Crippen molar-refractivity contribution in [2.45, 2.75) is 26.2 Å². The molecule has 0 aromatic carbocycles. The van der Waals surface area contributed by atoms with Crippen molar-refractivity contribution in [3.63, 3.8) is 0 Å². The molecule has 1 N–H and O–H groups in total. The lowest BCUT2D eigenvalue weighted by Gasteiger charge is -1.89. The van der Waals surface area contributed by atoms with E-state index < -0.39 is 0 Å². The van der Waals surface area contributed by atoms with E-state index in [1.807, 2.05) is 0 Å². The van der Waals surface area contributed by atoms with E-state index in [4.69, 9.17) is 5.11 Å². The highest BCUT2D eigenvalue weighted by molar-refractivity contribution is 4.84. The number of hydrogen-bond acceptors (Lipinski definition) is 1. The van der Waals surface area contributed by atoms with Gasteiger partial charge >= 0.3 is 0 Å². The first-order chi connectivity index (χ1) is 3.88. The SMILES string of the molecule is CCCC1CC1CO. The van der Waals surface area contributed by atoms with Crippen molar-refractivity contribution >= 4 is 0 Å². The third kappa shape index (κ3) is 1.22. The summed E-state index contributed by atoms with van der Waals surface area (Å²) in [6.07, 6.45) is 3.89. The van der Waals surface area contributed by atoms with Gasteiger partial charge in [-0.1, -0.05) is 19.8 Å². The van der Waals surface area contributed by atoms with E-state index in [9.17, 15) is 0 Å². The zero-order chi connectivity index (χ0) is 5.98. The molecule has 1 rings (SSSR count). The summed E-state index contributed by atoms with van der Waals surface area (Å²) in [5.74, 6) is 1.56. The Morgan fingerprint density at radius 2 is 2.25 bits per heavy atom. The van der Waals surface area contributed by atoms with Gasteiger partial charge in [0.05, 0.1) is 0 Å². The molecule has 0 aromatic heterocycles. The Morgan fingerprint density at radius 1 is 1.50 bits per heavy atom. The Morgan fingerprint density at radius 3 is 2.62 bits per heavy atom. The lowest BCUT2D eigenvalue weighted by molar-refractivity contribution is 0.267. The molecule has 0 aliphatic heterocycles. The number of hydrogen-bond donors (Lipinski definition) is 1. The zero-order valence-corrected chi connectivity index (χ0v) is 5.43. The second-order valence-corrected chi connectivity index (χ2v) is 2.73. The molecule has 0 radical (unpaired) electrons. The van der Waals surface area contributed by atoms with E-state index in [0.29, 0.717) is 12.5 Å². The fraction of sp³-hybridized carbons (Fsp3) is 1.00. The van der Waals surface area contributed by atoms with Crippen molar-refractivity contribution in [1.82, 2.24) is 0 Å². The van der Waals surface area contributed by atoms with Crippen LogP contribution in [0.3, 0.4) is 0 Å². The number of rotatable bonds is 3. The van der Waals surface area contributed by atoms with Crippen LogP contribution in [0.15, 0.2) is 0 Å². The van der Waals surface area contributed by atoms with Crippen molar-refractivity contribution in [2.24, 2.45) is 11.8 Å². The Balaban J connectivity index is 1.99. The van der Waals surface area contributed by atoms with E-state index >= 15 is 0 Å². The molecule has 2 atom stereocenters. The molecule has 0 saturated heterocycles. The highest BCUT2D eigenvalue weighted by atomic mass is 16.3. The largest absolute Gasteiger partial charge is 0.396 e. The predicted molar refractivity (Wildman–Crippen MR) is 33.6 cm³/mol. The van der Waals surface area contributed by atoms with Crippen LogP contribution in [0.4, 0.5) is 0 Å². The van der Waals surface area contributed by atoms with Gasteiger partial charge in [0.25, 0.3) is 0 Å². The summed E-state index contributed by atoms with van der Waals surface area (Å²) in [5.41, 5.74) is 0. The maximum Gasteiger partial charge on any atom is 0.0462 e. The van der Waals surface area contributed by atoms with Crippen LogP contribution >= 0.6 is 0 Å². The number of aliphatic hydroxyl groups is 1. The third-order valence-electron chi connectivity index (χ3n) is 1.96. The molecular formula is C7H14O. The number of aliphatic hydroxyl groups excluding tert-OH is 1. The molecule has 2 unspecified atom stereocenters. The summed E-state index contributed by atoms with van der Waals surface area (Å²) in [4.78, 5) is 0. The summed E-state index contributed by atoms with van der Waals surface area (Å²) in [7, 11) is 0.